The van der Waals surface area contributed by atoms with Crippen molar-refractivity contribution < 1.29 is 58.5 Å². The van der Waals surface area contributed by atoms with E-state index in [0.29, 0.717) is 73.8 Å². The van der Waals surface area contributed by atoms with Gasteiger partial charge >= 0.3 is 23.9 Å². The average Bonchev–Trinajstić information content (AvgIpc) is 3.38. The molecule has 2 aliphatic heterocycles. The van der Waals surface area contributed by atoms with Crippen molar-refractivity contribution in [3.63, 3.8) is 0 Å². The number of hydrogen-bond donors (Lipinski definition) is 0. The van der Waals surface area contributed by atoms with Gasteiger partial charge in [0, 0.05) is 42.8 Å². The topological polar surface area (TPSA) is 40.2 Å². The van der Waals surface area contributed by atoms with Gasteiger partial charge in [0.2, 0.25) is 0 Å². The second-order valence-corrected chi connectivity index (χ2v) is 12.6. The molecule has 0 N–H and O–H groups in total. The number of fused-ring (bicyclic) bond motifs is 8. The second-order valence-electron chi connectivity index (χ2n) is 12.6. The first-order valence-electron chi connectivity index (χ1n) is 16.4. The third-order valence-corrected chi connectivity index (χ3v) is 9.69. The van der Waals surface area contributed by atoms with Crippen LogP contribution in [0.4, 0.5) is 45.2 Å². The Morgan fingerprint density at radius 1 is 0.860 bits per heavy atom. The molecule has 1 aliphatic carbocycles. The maximum atomic E-state index is 14.6. The molecule has 6 rings (SSSR count). The fraction of sp³-hybridized carbons (Fsp3) is 0.500. The van der Waals surface area contributed by atoms with Crippen LogP contribution in [0.15, 0.2) is 48.5 Å². The Hall–Kier alpha value is -3.65. The van der Waals surface area contributed by atoms with Crippen molar-refractivity contribution in [1.82, 2.24) is 0 Å². The van der Waals surface area contributed by atoms with Gasteiger partial charge in [-0.2, -0.15) is 39.5 Å². The predicted octanol–water partition coefficient (Wildman–Crippen LogP) is 9.74. The molecule has 5 nitrogen and oxygen atoms in total. The zero-order chi connectivity index (χ0) is 36.1. The van der Waals surface area contributed by atoms with Gasteiger partial charge in [-0.25, -0.2) is 0 Å². The predicted molar refractivity (Wildman–Crippen MR) is 169 cm³/mol. The maximum absolute atomic E-state index is 14.6. The van der Waals surface area contributed by atoms with Gasteiger partial charge in [-0.1, -0.05) is 44.0 Å². The smallest absolute Gasteiger partial charge is 0.460 e. The van der Waals surface area contributed by atoms with Crippen LogP contribution in [0.1, 0.15) is 55.7 Å². The molecule has 0 radical (unpaired) electrons. The van der Waals surface area contributed by atoms with Gasteiger partial charge in [0.15, 0.2) is 0 Å². The Morgan fingerprint density at radius 3 is 2.26 bits per heavy atom. The van der Waals surface area contributed by atoms with Crippen molar-refractivity contribution in [1.29, 1.82) is 0 Å². The van der Waals surface area contributed by atoms with Gasteiger partial charge in [0.1, 0.15) is 23.7 Å². The van der Waals surface area contributed by atoms with Crippen LogP contribution < -0.4 is 9.64 Å². The number of ether oxygens (including phenoxy) is 4. The highest BCUT2D eigenvalue weighted by molar-refractivity contribution is 6.09. The van der Waals surface area contributed by atoms with E-state index in [9.17, 15) is 39.5 Å². The van der Waals surface area contributed by atoms with Crippen LogP contribution in [0.25, 0.3) is 27.7 Å². The molecule has 1 unspecified atom stereocenters. The van der Waals surface area contributed by atoms with Crippen molar-refractivity contribution >= 4 is 22.2 Å². The van der Waals surface area contributed by atoms with Crippen LogP contribution in [0.5, 0.6) is 5.75 Å². The van der Waals surface area contributed by atoms with E-state index in [-0.39, 0.29) is 6.61 Å². The van der Waals surface area contributed by atoms with E-state index in [1.165, 1.54) is 7.11 Å². The largest absolute Gasteiger partial charge is 0.496 e. The molecule has 0 aromatic heterocycles. The molecular formula is C36H36F9NO4. The summed E-state index contributed by atoms with van der Waals surface area (Å²) in [5, 5.41) is 1.60. The molecule has 272 valence electrons. The molecular weight excluding hydrogens is 681 g/mol. The molecule has 2 heterocycles. The van der Waals surface area contributed by atoms with Crippen LogP contribution in [0.2, 0.25) is 0 Å². The number of halogens is 9. The number of unbranched alkanes of at least 4 members (excludes halogenated alkanes) is 1. The van der Waals surface area contributed by atoms with E-state index in [1.54, 1.807) is 12.1 Å². The van der Waals surface area contributed by atoms with Gasteiger partial charge in [0.25, 0.3) is 0 Å². The highest BCUT2D eigenvalue weighted by atomic mass is 19.4. The minimum absolute atomic E-state index is 0.191. The van der Waals surface area contributed by atoms with E-state index < -0.39 is 49.0 Å². The lowest BCUT2D eigenvalue weighted by Crippen LogP contribution is -2.60. The SMILES string of the molecule is CCCCC1(OCCCC(F)(F)C(F)(F)C(F)(F)C(F)(F)F)c2ccccc2-c2c1c1c(c3ccc(N4CCOCC4)cc23)OCC=C1OC. The summed E-state index contributed by atoms with van der Waals surface area (Å²) in [7, 11) is 1.49. The molecule has 50 heavy (non-hydrogen) atoms. The number of alkyl halides is 9. The van der Waals surface area contributed by atoms with E-state index in [2.05, 4.69) is 4.90 Å². The van der Waals surface area contributed by atoms with Gasteiger partial charge < -0.3 is 23.8 Å². The summed E-state index contributed by atoms with van der Waals surface area (Å²) in [5.41, 5.74) is 2.95. The van der Waals surface area contributed by atoms with Gasteiger partial charge in [-0.3, -0.25) is 0 Å². The number of anilines is 1. The zero-order valence-corrected chi connectivity index (χ0v) is 27.4. The zero-order valence-electron chi connectivity index (χ0n) is 27.4. The molecule has 0 amide bonds. The summed E-state index contributed by atoms with van der Waals surface area (Å²) < 4.78 is 147. The molecule has 0 spiro atoms. The molecule has 1 atom stereocenters. The summed E-state index contributed by atoms with van der Waals surface area (Å²) in [6, 6.07) is 13.3. The van der Waals surface area contributed by atoms with Crippen molar-refractivity contribution in [3.8, 4) is 16.9 Å². The third kappa shape index (κ3) is 5.66. The Balaban J connectivity index is 1.48. The first kappa shape index (κ1) is 36.2. The van der Waals surface area contributed by atoms with Gasteiger partial charge in [0.05, 0.1) is 25.9 Å². The summed E-state index contributed by atoms with van der Waals surface area (Å²) in [5.74, 6) is -18.3. The van der Waals surface area contributed by atoms with Gasteiger partial charge in [-0.15, -0.1) is 0 Å². The van der Waals surface area contributed by atoms with Crippen LogP contribution >= 0.6 is 0 Å². The normalized spacial score (nSPS) is 19.5. The average molecular weight is 718 g/mol. The quantitative estimate of drug-likeness (QED) is 0.138. The second kappa shape index (κ2) is 13.2. The van der Waals surface area contributed by atoms with E-state index in [4.69, 9.17) is 18.9 Å². The lowest BCUT2D eigenvalue weighted by atomic mass is 9.81. The monoisotopic (exact) mass is 717 g/mol. The van der Waals surface area contributed by atoms with E-state index in [0.717, 1.165) is 27.6 Å². The van der Waals surface area contributed by atoms with Gasteiger partial charge in [-0.05, 0) is 59.2 Å². The molecule has 1 fully saturated rings. The number of nitrogens with zero attached hydrogens (tertiary/aromatic N) is 1. The van der Waals surface area contributed by atoms with Crippen LogP contribution in [0, 0.1) is 0 Å². The third-order valence-electron chi connectivity index (χ3n) is 9.69. The maximum Gasteiger partial charge on any atom is 0.460 e. The molecule has 3 aromatic rings. The highest BCUT2D eigenvalue weighted by Crippen LogP contribution is 2.60. The first-order chi connectivity index (χ1) is 23.6. The Morgan fingerprint density at radius 2 is 1.58 bits per heavy atom. The lowest BCUT2D eigenvalue weighted by Gasteiger charge is -2.36. The molecule has 3 aromatic carbocycles. The first-order valence-corrected chi connectivity index (χ1v) is 16.4. The van der Waals surface area contributed by atoms with E-state index >= 15 is 0 Å². The number of hydrogen-bond acceptors (Lipinski definition) is 5. The Kier molecular flexibility index (Phi) is 9.51. The van der Waals surface area contributed by atoms with Crippen LogP contribution in [-0.2, 0) is 19.8 Å². The fourth-order valence-electron chi connectivity index (χ4n) is 7.22. The Bertz CT molecular complexity index is 1770. The molecule has 3 aliphatic rings. The molecule has 0 bridgehead atoms. The van der Waals surface area contributed by atoms with Crippen molar-refractivity contribution in [2.24, 2.45) is 0 Å². The molecule has 0 saturated carbocycles. The van der Waals surface area contributed by atoms with Crippen molar-refractivity contribution in [2.45, 2.75) is 68.6 Å². The minimum Gasteiger partial charge on any atom is -0.496 e. The number of rotatable bonds is 12. The van der Waals surface area contributed by atoms with Crippen molar-refractivity contribution in [3.05, 3.63) is 65.2 Å². The number of morpholine rings is 1. The van der Waals surface area contributed by atoms with Crippen molar-refractivity contribution in [2.75, 3.05) is 51.5 Å². The summed E-state index contributed by atoms with van der Waals surface area (Å²) in [6.07, 6.45) is -6.52. The summed E-state index contributed by atoms with van der Waals surface area (Å²) >= 11 is 0. The summed E-state index contributed by atoms with van der Waals surface area (Å²) in [6.45, 7) is 3.93. The Labute approximate surface area is 282 Å². The van der Waals surface area contributed by atoms with E-state index in [1.807, 2.05) is 43.3 Å². The summed E-state index contributed by atoms with van der Waals surface area (Å²) in [4.78, 5) is 2.19. The molecule has 14 heteroatoms. The van der Waals surface area contributed by atoms with Crippen LogP contribution in [0.3, 0.4) is 0 Å². The number of benzene rings is 3. The van der Waals surface area contributed by atoms with Crippen LogP contribution in [-0.4, -0.2) is 70.6 Å². The molecule has 1 saturated heterocycles. The number of methoxy groups -OCH3 is 1. The highest BCUT2D eigenvalue weighted by Gasteiger charge is 2.81. The fourth-order valence-corrected chi connectivity index (χ4v) is 7.22. The standard InChI is InChI=1S/C36H36F9NO4/c1-3-4-13-32(50-17-7-14-33(37,38)34(39,40)35(41,42)36(43,44)45)26-9-6-5-8-24(26)28-25-21-22(46-15-19-48-20-16-46)10-11-23(25)31-29(30(28)32)27(47-2)12-18-49-31/h5-6,8-12,21H,3-4,7,13-20H2,1-2H3. The minimum atomic E-state index is -6.95. The lowest BCUT2D eigenvalue weighted by molar-refractivity contribution is -0.396.